The van der Waals surface area contributed by atoms with Crippen molar-refractivity contribution in [1.29, 1.82) is 0 Å². The van der Waals surface area contributed by atoms with Crippen molar-refractivity contribution in [1.82, 2.24) is 4.90 Å². The van der Waals surface area contributed by atoms with Crippen LogP contribution in [0.25, 0.3) is 0 Å². The lowest BCUT2D eigenvalue weighted by molar-refractivity contribution is -0.112. The molecule has 4 nitrogen and oxygen atoms in total. The van der Waals surface area contributed by atoms with Crippen molar-refractivity contribution in [3.8, 4) is 5.75 Å². The Morgan fingerprint density at radius 3 is 2.77 bits per heavy atom. The molecule has 6 heteroatoms. The number of hydrogen-bond donors (Lipinski definition) is 1. The topological polar surface area (TPSA) is 41.6 Å². The third-order valence-electron chi connectivity index (χ3n) is 4.17. The molecule has 0 aliphatic carbocycles. The Morgan fingerprint density at radius 2 is 2.12 bits per heavy atom. The highest BCUT2D eigenvalue weighted by Crippen LogP contribution is 2.28. The first kappa shape index (κ1) is 19.9. The number of nitrogens with one attached hydrogen (secondary N) is 1. The molecule has 0 spiro atoms. The SMILES string of the molecule is CCCC(C)Oc1cccc(NC(=O)C2=CN(C)CC(C)=C2C(F)F)c1. The van der Waals surface area contributed by atoms with Gasteiger partial charge in [0.05, 0.1) is 11.7 Å². The number of ether oxygens (including phenoxy) is 1. The molecule has 1 aromatic carbocycles. The number of anilines is 1. The third kappa shape index (κ3) is 5.07. The number of halogens is 2. The maximum Gasteiger partial charge on any atom is 0.264 e. The second-order valence-electron chi connectivity index (χ2n) is 6.65. The van der Waals surface area contributed by atoms with E-state index in [1.165, 1.54) is 6.20 Å². The van der Waals surface area contributed by atoms with E-state index in [9.17, 15) is 13.6 Å². The minimum atomic E-state index is -2.69. The summed E-state index contributed by atoms with van der Waals surface area (Å²) in [7, 11) is 1.75. The minimum absolute atomic E-state index is 0.00285. The van der Waals surface area contributed by atoms with Crippen molar-refractivity contribution in [3.05, 3.63) is 47.2 Å². The van der Waals surface area contributed by atoms with E-state index in [4.69, 9.17) is 4.74 Å². The third-order valence-corrected chi connectivity index (χ3v) is 4.17. The Kier molecular flexibility index (Phi) is 6.77. The van der Waals surface area contributed by atoms with Gasteiger partial charge in [-0.05, 0) is 38.0 Å². The molecule has 1 aromatic rings. The van der Waals surface area contributed by atoms with Gasteiger partial charge in [0.2, 0.25) is 0 Å². The Labute approximate surface area is 153 Å². The number of nitrogens with zero attached hydrogens (tertiary/aromatic N) is 1. The molecule has 1 atom stereocenters. The fourth-order valence-electron chi connectivity index (χ4n) is 3.05. The van der Waals surface area contributed by atoms with E-state index in [1.807, 2.05) is 13.0 Å². The van der Waals surface area contributed by atoms with E-state index in [0.717, 1.165) is 12.8 Å². The average Bonchev–Trinajstić information content (AvgIpc) is 2.54. The fraction of sp³-hybridized carbons (Fsp3) is 0.450. The number of benzene rings is 1. The van der Waals surface area contributed by atoms with E-state index < -0.39 is 12.3 Å². The highest BCUT2D eigenvalue weighted by atomic mass is 19.3. The van der Waals surface area contributed by atoms with Gasteiger partial charge in [0.25, 0.3) is 12.3 Å². The largest absolute Gasteiger partial charge is 0.491 e. The average molecular weight is 364 g/mol. The monoisotopic (exact) mass is 364 g/mol. The number of hydrogen-bond acceptors (Lipinski definition) is 3. The summed E-state index contributed by atoms with van der Waals surface area (Å²) in [6.45, 7) is 6.08. The zero-order valence-corrected chi connectivity index (χ0v) is 15.7. The van der Waals surface area contributed by atoms with Crippen LogP contribution in [0.5, 0.6) is 5.75 Å². The number of carbonyl (C=O) groups is 1. The second kappa shape index (κ2) is 8.83. The summed E-state index contributed by atoms with van der Waals surface area (Å²) in [5, 5.41) is 2.70. The number of carbonyl (C=O) groups excluding carboxylic acids is 1. The van der Waals surface area contributed by atoms with Crippen LogP contribution >= 0.6 is 0 Å². The molecule has 0 saturated heterocycles. The number of likely N-dealkylation sites (N-methyl/N-ethyl adjacent to an activating group) is 1. The van der Waals surface area contributed by atoms with Crippen molar-refractivity contribution < 1.29 is 18.3 Å². The smallest absolute Gasteiger partial charge is 0.264 e. The lowest BCUT2D eigenvalue weighted by Crippen LogP contribution is -2.28. The normalized spacial score (nSPS) is 15.8. The summed E-state index contributed by atoms with van der Waals surface area (Å²) in [6, 6.07) is 6.99. The van der Waals surface area contributed by atoms with Crippen LogP contribution in [-0.4, -0.2) is 36.9 Å². The Hall–Kier alpha value is -2.37. The predicted molar refractivity (Wildman–Crippen MR) is 99.5 cm³/mol. The lowest BCUT2D eigenvalue weighted by atomic mass is 9.97. The molecular weight excluding hydrogens is 338 g/mol. The van der Waals surface area contributed by atoms with Gasteiger partial charge in [-0.15, -0.1) is 0 Å². The molecule has 1 heterocycles. The van der Waals surface area contributed by atoms with Crippen LogP contribution in [0.3, 0.4) is 0 Å². The quantitative estimate of drug-likeness (QED) is 0.769. The van der Waals surface area contributed by atoms with E-state index in [2.05, 4.69) is 12.2 Å². The van der Waals surface area contributed by atoms with Gasteiger partial charge < -0.3 is 15.0 Å². The predicted octanol–water partition coefficient (Wildman–Crippen LogP) is 4.60. The van der Waals surface area contributed by atoms with Gasteiger partial charge in [-0.25, -0.2) is 8.78 Å². The van der Waals surface area contributed by atoms with Crippen LogP contribution in [0.2, 0.25) is 0 Å². The maximum absolute atomic E-state index is 13.4. The summed E-state index contributed by atoms with van der Waals surface area (Å²) in [5.74, 6) is 0.0873. The van der Waals surface area contributed by atoms with Crippen molar-refractivity contribution >= 4 is 11.6 Å². The van der Waals surface area contributed by atoms with Crippen molar-refractivity contribution in [2.24, 2.45) is 0 Å². The maximum atomic E-state index is 13.4. The van der Waals surface area contributed by atoms with E-state index in [1.54, 1.807) is 37.1 Å². The Morgan fingerprint density at radius 1 is 1.38 bits per heavy atom. The molecule has 1 N–H and O–H groups in total. The van der Waals surface area contributed by atoms with Crippen LogP contribution < -0.4 is 10.1 Å². The summed E-state index contributed by atoms with van der Waals surface area (Å²) in [6.07, 6.45) is 0.786. The highest BCUT2D eigenvalue weighted by molar-refractivity contribution is 6.07. The number of alkyl halides is 2. The number of rotatable bonds is 7. The van der Waals surface area contributed by atoms with Crippen LogP contribution in [0.15, 0.2) is 47.2 Å². The molecule has 1 amide bonds. The van der Waals surface area contributed by atoms with Crippen molar-refractivity contribution in [2.75, 3.05) is 18.9 Å². The molecule has 1 unspecified atom stereocenters. The van der Waals surface area contributed by atoms with Gasteiger partial charge in [0.1, 0.15) is 5.75 Å². The second-order valence-corrected chi connectivity index (χ2v) is 6.65. The van der Waals surface area contributed by atoms with Gasteiger partial charge in [-0.3, -0.25) is 4.79 Å². The van der Waals surface area contributed by atoms with E-state index in [-0.39, 0.29) is 17.3 Å². The van der Waals surface area contributed by atoms with Gasteiger partial charge in [0, 0.05) is 37.1 Å². The Bertz CT molecular complexity index is 714. The van der Waals surface area contributed by atoms with Crippen LogP contribution in [0.1, 0.15) is 33.6 Å². The van der Waals surface area contributed by atoms with E-state index in [0.29, 0.717) is 23.6 Å². The first-order valence-electron chi connectivity index (χ1n) is 8.80. The molecule has 1 aliphatic rings. The molecule has 0 bridgehead atoms. The molecule has 0 saturated carbocycles. The molecular formula is C20H26F2N2O2. The zero-order valence-electron chi connectivity index (χ0n) is 15.7. The fourth-order valence-corrected chi connectivity index (χ4v) is 3.05. The Balaban J connectivity index is 2.16. The highest BCUT2D eigenvalue weighted by Gasteiger charge is 2.28. The van der Waals surface area contributed by atoms with E-state index >= 15 is 0 Å². The molecule has 26 heavy (non-hydrogen) atoms. The first-order valence-corrected chi connectivity index (χ1v) is 8.80. The lowest BCUT2D eigenvalue weighted by Gasteiger charge is -2.26. The van der Waals surface area contributed by atoms with Gasteiger partial charge in [-0.2, -0.15) is 0 Å². The molecule has 1 aliphatic heterocycles. The molecule has 0 radical (unpaired) electrons. The van der Waals surface area contributed by atoms with Crippen LogP contribution in [0.4, 0.5) is 14.5 Å². The summed E-state index contributed by atoms with van der Waals surface area (Å²) >= 11 is 0. The first-order chi connectivity index (χ1) is 12.3. The number of amides is 1. The molecule has 0 fully saturated rings. The van der Waals surface area contributed by atoms with Crippen LogP contribution in [-0.2, 0) is 4.79 Å². The van der Waals surface area contributed by atoms with Gasteiger partial charge in [0.15, 0.2) is 0 Å². The minimum Gasteiger partial charge on any atom is -0.491 e. The summed E-state index contributed by atoms with van der Waals surface area (Å²) in [4.78, 5) is 14.3. The van der Waals surface area contributed by atoms with Crippen molar-refractivity contribution in [3.63, 3.8) is 0 Å². The molecule has 2 rings (SSSR count). The van der Waals surface area contributed by atoms with Crippen molar-refractivity contribution in [2.45, 2.75) is 46.1 Å². The summed E-state index contributed by atoms with van der Waals surface area (Å²) in [5.41, 5.74) is 0.818. The van der Waals surface area contributed by atoms with Gasteiger partial charge in [-0.1, -0.05) is 19.4 Å². The standard InChI is InChI=1S/C20H26F2N2O2/c1-5-7-14(3)26-16-9-6-8-15(10-16)23-20(25)17-12-24(4)11-13(2)18(17)19(21)22/h6,8-10,12,14,19H,5,7,11H2,1-4H3,(H,23,25). The van der Waals surface area contributed by atoms with Gasteiger partial charge >= 0.3 is 0 Å². The molecule has 142 valence electrons. The molecule has 0 aromatic heterocycles. The van der Waals surface area contributed by atoms with Crippen LogP contribution in [0, 0.1) is 0 Å². The zero-order chi connectivity index (χ0) is 19.3. The summed E-state index contributed by atoms with van der Waals surface area (Å²) < 4.78 is 32.6.